The van der Waals surface area contributed by atoms with Crippen molar-refractivity contribution in [3.05, 3.63) is 0 Å². The van der Waals surface area contributed by atoms with Crippen LogP contribution >= 0.6 is 0 Å². The van der Waals surface area contributed by atoms with Crippen LogP contribution in [0.25, 0.3) is 0 Å². The summed E-state index contributed by atoms with van der Waals surface area (Å²) < 4.78 is 0. The van der Waals surface area contributed by atoms with Gasteiger partial charge in [0.2, 0.25) is 5.91 Å². The zero-order valence-electron chi connectivity index (χ0n) is 12.5. The zero-order valence-corrected chi connectivity index (χ0v) is 12.5. The standard InChI is InChI=1S/C13H25N3O4/c1-5-6-7-10(12(18)19)16-13(20)15-9(4)11(17)14-8(2)3/h8-10H,5-7H2,1-4H3,(H,14,17)(H,18,19)(H2,15,16,20). The number of rotatable bonds is 8. The number of carbonyl (C=O) groups is 3. The van der Waals surface area contributed by atoms with E-state index in [1.165, 1.54) is 0 Å². The van der Waals surface area contributed by atoms with Crippen LogP contribution in [-0.4, -0.2) is 41.1 Å². The van der Waals surface area contributed by atoms with Gasteiger partial charge in [-0.25, -0.2) is 9.59 Å². The summed E-state index contributed by atoms with van der Waals surface area (Å²) in [7, 11) is 0. The minimum atomic E-state index is -1.08. The van der Waals surface area contributed by atoms with Crippen LogP contribution in [0, 0.1) is 0 Å². The minimum absolute atomic E-state index is 0.0221. The molecule has 0 radical (unpaired) electrons. The second-order valence-electron chi connectivity index (χ2n) is 5.04. The van der Waals surface area contributed by atoms with Crippen LogP contribution in [0.4, 0.5) is 4.79 Å². The van der Waals surface area contributed by atoms with Crippen LogP contribution in [0.3, 0.4) is 0 Å². The third kappa shape index (κ3) is 7.60. The van der Waals surface area contributed by atoms with Crippen molar-refractivity contribution in [3.63, 3.8) is 0 Å². The Hall–Kier alpha value is -1.79. The quantitative estimate of drug-likeness (QED) is 0.530. The number of unbranched alkanes of at least 4 members (excludes halogenated alkanes) is 1. The molecule has 2 unspecified atom stereocenters. The molecule has 0 aliphatic heterocycles. The molecule has 20 heavy (non-hydrogen) atoms. The number of hydrogen-bond acceptors (Lipinski definition) is 3. The molecule has 7 nitrogen and oxygen atoms in total. The molecule has 0 fully saturated rings. The van der Waals surface area contributed by atoms with Gasteiger partial charge in [-0.15, -0.1) is 0 Å². The van der Waals surface area contributed by atoms with Gasteiger partial charge < -0.3 is 21.1 Å². The van der Waals surface area contributed by atoms with Gasteiger partial charge in [0, 0.05) is 6.04 Å². The Balaban J connectivity index is 4.30. The number of nitrogens with one attached hydrogen (secondary N) is 3. The van der Waals surface area contributed by atoms with Crippen LogP contribution < -0.4 is 16.0 Å². The Kier molecular flexibility index (Phi) is 8.35. The molecule has 0 aromatic heterocycles. The van der Waals surface area contributed by atoms with E-state index < -0.39 is 24.1 Å². The number of urea groups is 1. The zero-order chi connectivity index (χ0) is 15.7. The van der Waals surface area contributed by atoms with Gasteiger partial charge in [-0.1, -0.05) is 19.8 Å². The Labute approximate surface area is 119 Å². The third-order valence-corrected chi connectivity index (χ3v) is 2.62. The molecule has 0 saturated carbocycles. The molecule has 116 valence electrons. The normalized spacial score (nSPS) is 13.4. The molecule has 0 aromatic rings. The maximum atomic E-state index is 11.7. The van der Waals surface area contributed by atoms with Crippen LogP contribution in [0.1, 0.15) is 47.0 Å². The number of carbonyl (C=O) groups excluding carboxylic acids is 2. The van der Waals surface area contributed by atoms with E-state index in [1.807, 2.05) is 20.8 Å². The SMILES string of the molecule is CCCCC(NC(=O)NC(C)C(=O)NC(C)C)C(=O)O. The molecule has 0 rings (SSSR count). The molecule has 0 aliphatic carbocycles. The lowest BCUT2D eigenvalue weighted by atomic mass is 10.1. The lowest BCUT2D eigenvalue weighted by Crippen LogP contribution is -2.53. The number of amides is 3. The average molecular weight is 287 g/mol. The van der Waals surface area contributed by atoms with Gasteiger partial charge in [0.05, 0.1) is 0 Å². The summed E-state index contributed by atoms with van der Waals surface area (Å²) >= 11 is 0. The fraction of sp³-hybridized carbons (Fsp3) is 0.769. The fourth-order valence-corrected chi connectivity index (χ4v) is 1.54. The van der Waals surface area contributed by atoms with Crippen LogP contribution in [0.2, 0.25) is 0 Å². The Morgan fingerprint density at radius 1 is 1.05 bits per heavy atom. The summed E-state index contributed by atoms with van der Waals surface area (Å²) in [6.07, 6.45) is 1.92. The molecule has 2 atom stereocenters. The van der Waals surface area contributed by atoms with Gasteiger partial charge in [0.15, 0.2) is 0 Å². The predicted molar refractivity (Wildman–Crippen MR) is 75.4 cm³/mol. The summed E-state index contributed by atoms with van der Waals surface area (Å²) in [6, 6.07) is -2.33. The van der Waals surface area contributed by atoms with E-state index in [2.05, 4.69) is 16.0 Å². The van der Waals surface area contributed by atoms with Crippen molar-refractivity contribution in [2.75, 3.05) is 0 Å². The lowest BCUT2D eigenvalue weighted by molar-refractivity contribution is -0.139. The minimum Gasteiger partial charge on any atom is -0.480 e. The molecule has 0 bridgehead atoms. The fourth-order valence-electron chi connectivity index (χ4n) is 1.54. The van der Waals surface area contributed by atoms with E-state index in [-0.39, 0.29) is 11.9 Å². The molecular formula is C13H25N3O4. The summed E-state index contributed by atoms with van der Waals surface area (Å²) in [5.41, 5.74) is 0. The highest BCUT2D eigenvalue weighted by atomic mass is 16.4. The summed E-state index contributed by atoms with van der Waals surface area (Å²) in [4.78, 5) is 34.3. The maximum Gasteiger partial charge on any atom is 0.326 e. The first-order chi connectivity index (χ1) is 9.27. The van der Waals surface area contributed by atoms with Crippen molar-refractivity contribution in [2.45, 2.75) is 65.1 Å². The van der Waals surface area contributed by atoms with E-state index in [0.29, 0.717) is 12.8 Å². The van der Waals surface area contributed by atoms with Crippen molar-refractivity contribution < 1.29 is 19.5 Å². The van der Waals surface area contributed by atoms with E-state index in [9.17, 15) is 14.4 Å². The molecule has 0 saturated heterocycles. The Morgan fingerprint density at radius 2 is 1.65 bits per heavy atom. The molecule has 0 aromatic carbocycles. The van der Waals surface area contributed by atoms with Crippen molar-refractivity contribution in [1.29, 1.82) is 0 Å². The topological polar surface area (TPSA) is 108 Å². The van der Waals surface area contributed by atoms with Gasteiger partial charge in [-0.3, -0.25) is 4.79 Å². The van der Waals surface area contributed by atoms with Gasteiger partial charge in [-0.2, -0.15) is 0 Å². The second kappa shape index (κ2) is 9.17. The maximum absolute atomic E-state index is 11.7. The molecule has 7 heteroatoms. The van der Waals surface area contributed by atoms with Gasteiger partial charge >= 0.3 is 12.0 Å². The van der Waals surface area contributed by atoms with Crippen LogP contribution in [0.5, 0.6) is 0 Å². The average Bonchev–Trinajstić information content (AvgIpc) is 2.32. The highest BCUT2D eigenvalue weighted by Crippen LogP contribution is 2.00. The first-order valence-electron chi connectivity index (χ1n) is 6.88. The number of carboxylic acids is 1. The van der Waals surface area contributed by atoms with Crippen LogP contribution in [0.15, 0.2) is 0 Å². The van der Waals surface area contributed by atoms with Gasteiger partial charge in [0.1, 0.15) is 12.1 Å². The number of hydrogen-bond donors (Lipinski definition) is 4. The van der Waals surface area contributed by atoms with E-state index in [0.717, 1.165) is 6.42 Å². The Morgan fingerprint density at radius 3 is 2.10 bits per heavy atom. The van der Waals surface area contributed by atoms with Crippen molar-refractivity contribution in [2.24, 2.45) is 0 Å². The van der Waals surface area contributed by atoms with Crippen LogP contribution in [-0.2, 0) is 9.59 Å². The summed E-state index contributed by atoms with van der Waals surface area (Å²) in [6.45, 7) is 7.11. The largest absolute Gasteiger partial charge is 0.480 e. The lowest BCUT2D eigenvalue weighted by Gasteiger charge is -2.19. The predicted octanol–water partition coefficient (Wildman–Crippen LogP) is 0.842. The van der Waals surface area contributed by atoms with Crippen molar-refractivity contribution >= 4 is 17.9 Å². The highest BCUT2D eigenvalue weighted by Gasteiger charge is 2.21. The summed E-state index contributed by atoms with van der Waals surface area (Å²) in [5.74, 6) is -1.39. The molecule has 0 spiro atoms. The van der Waals surface area contributed by atoms with Gasteiger partial charge in [-0.05, 0) is 27.2 Å². The molecule has 3 amide bonds. The summed E-state index contributed by atoms with van der Waals surface area (Å²) in [5, 5.41) is 16.4. The van der Waals surface area contributed by atoms with E-state index in [4.69, 9.17) is 5.11 Å². The smallest absolute Gasteiger partial charge is 0.326 e. The highest BCUT2D eigenvalue weighted by molar-refractivity contribution is 5.88. The molecule has 0 aliphatic rings. The van der Waals surface area contributed by atoms with Gasteiger partial charge in [0.25, 0.3) is 0 Å². The van der Waals surface area contributed by atoms with E-state index in [1.54, 1.807) is 6.92 Å². The second-order valence-corrected chi connectivity index (χ2v) is 5.04. The third-order valence-electron chi connectivity index (χ3n) is 2.62. The first-order valence-corrected chi connectivity index (χ1v) is 6.88. The first kappa shape index (κ1) is 18.2. The molecular weight excluding hydrogens is 262 g/mol. The number of aliphatic carboxylic acids is 1. The molecule has 0 heterocycles. The van der Waals surface area contributed by atoms with E-state index >= 15 is 0 Å². The van der Waals surface area contributed by atoms with Crippen molar-refractivity contribution in [1.82, 2.24) is 16.0 Å². The molecule has 4 N–H and O–H groups in total. The Bertz CT molecular complexity index is 345. The monoisotopic (exact) mass is 287 g/mol. The van der Waals surface area contributed by atoms with Crippen molar-refractivity contribution in [3.8, 4) is 0 Å². The number of carboxylic acid groups (broad SMARTS) is 1.